The van der Waals surface area contributed by atoms with E-state index in [4.69, 9.17) is 5.73 Å². The number of anilines is 1. The van der Waals surface area contributed by atoms with Gasteiger partial charge < -0.3 is 21.5 Å². The lowest BCUT2D eigenvalue weighted by Gasteiger charge is -2.20. The number of unbranched alkanes of at least 4 members (excludes halogenated alkanes) is 1. The maximum atomic E-state index is 12.7. The minimum Gasteiger partial charge on any atom is -0.481 e. The predicted molar refractivity (Wildman–Crippen MR) is 145 cm³/mol. The fourth-order valence-corrected chi connectivity index (χ4v) is 4.44. The van der Waals surface area contributed by atoms with E-state index in [2.05, 4.69) is 25.9 Å². The Morgan fingerprint density at radius 2 is 1.89 bits per heavy atom. The van der Waals surface area contributed by atoms with Crippen molar-refractivity contribution in [3.8, 4) is 0 Å². The van der Waals surface area contributed by atoms with Gasteiger partial charge in [0, 0.05) is 42.9 Å². The maximum Gasteiger partial charge on any atom is 0.306 e. The third-order valence-electron chi connectivity index (χ3n) is 6.67. The molecule has 0 bridgehead atoms. The monoisotopic (exact) mass is 524 g/mol. The molecule has 1 aromatic rings. The van der Waals surface area contributed by atoms with Crippen molar-refractivity contribution in [1.29, 1.82) is 0 Å². The molecule has 0 aliphatic carbocycles. The molecule has 0 aromatic heterocycles. The number of carboxylic acids is 1. The lowest BCUT2D eigenvalue weighted by Crippen LogP contribution is -2.47. The van der Waals surface area contributed by atoms with Gasteiger partial charge >= 0.3 is 5.97 Å². The fraction of sp³-hybridized carbons (Fsp3) is 0.481. The summed E-state index contributed by atoms with van der Waals surface area (Å²) in [5, 5.41) is 18.2. The molecule has 0 fully saturated rings. The van der Waals surface area contributed by atoms with Crippen LogP contribution in [0.15, 0.2) is 46.0 Å². The number of nitrogens with one attached hydrogen (secondary N) is 3. The van der Waals surface area contributed by atoms with Gasteiger partial charge in [0.1, 0.15) is 11.8 Å². The van der Waals surface area contributed by atoms with Crippen LogP contribution in [0.1, 0.15) is 62.7 Å². The van der Waals surface area contributed by atoms with E-state index in [-0.39, 0.29) is 35.9 Å². The molecule has 2 amide bonds. The second-order valence-electron chi connectivity index (χ2n) is 9.68. The van der Waals surface area contributed by atoms with E-state index in [9.17, 15) is 24.3 Å². The third kappa shape index (κ3) is 7.74. The van der Waals surface area contributed by atoms with E-state index in [1.54, 1.807) is 30.5 Å². The molecule has 204 valence electrons. The summed E-state index contributed by atoms with van der Waals surface area (Å²) in [7, 11) is 0. The average Bonchev–Trinajstić information content (AvgIpc) is 3.29. The summed E-state index contributed by atoms with van der Waals surface area (Å²) in [6.45, 7) is 4.79. The zero-order valence-corrected chi connectivity index (χ0v) is 21.8. The third-order valence-corrected chi connectivity index (χ3v) is 6.67. The second-order valence-corrected chi connectivity index (χ2v) is 9.68. The summed E-state index contributed by atoms with van der Waals surface area (Å²) in [4.78, 5) is 56.8. The van der Waals surface area contributed by atoms with Gasteiger partial charge in [0.25, 0.3) is 0 Å². The van der Waals surface area contributed by atoms with Crippen LogP contribution in [-0.4, -0.2) is 53.6 Å². The van der Waals surface area contributed by atoms with Crippen LogP contribution in [0, 0.1) is 17.8 Å². The molecule has 1 aromatic carbocycles. The summed E-state index contributed by atoms with van der Waals surface area (Å²) in [6.07, 6.45) is 4.93. The number of guanidine groups is 1. The SMILES string of the molecule is CCCC(C)C(=O)NCCCC[C@H](CC(=O)c1ccc(NCC2=CN=C3N=C(N)NC(=O)C23)cc1)C(=O)O. The smallest absolute Gasteiger partial charge is 0.306 e. The predicted octanol–water partition coefficient (Wildman–Crippen LogP) is 2.45. The Kier molecular flexibility index (Phi) is 10.1. The Balaban J connectivity index is 1.43. The van der Waals surface area contributed by atoms with E-state index in [0.29, 0.717) is 43.8 Å². The van der Waals surface area contributed by atoms with E-state index in [1.807, 2.05) is 13.8 Å². The van der Waals surface area contributed by atoms with Crippen LogP contribution in [0.4, 0.5) is 5.69 Å². The number of hydrogen-bond acceptors (Lipinski definition) is 8. The highest BCUT2D eigenvalue weighted by Crippen LogP contribution is 2.24. The molecule has 3 rings (SSSR count). The minimum absolute atomic E-state index is 0.0200. The molecule has 2 heterocycles. The number of amidine groups is 1. The Morgan fingerprint density at radius 3 is 2.58 bits per heavy atom. The van der Waals surface area contributed by atoms with Gasteiger partial charge in [-0.05, 0) is 49.1 Å². The number of aliphatic carboxylic acids is 1. The summed E-state index contributed by atoms with van der Waals surface area (Å²) in [5.74, 6) is -2.49. The lowest BCUT2D eigenvalue weighted by molar-refractivity contribution is -0.142. The Labute approximate surface area is 222 Å². The van der Waals surface area contributed by atoms with E-state index in [0.717, 1.165) is 24.1 Å². The summed E-state index contributed by atoms with van der Waals surface area (Å²) in [5.41, 5.74) is 7.48. The lowest BCUT2D eigenvalue weighted by atomic mass is 9.93. The molecule has 3 atom stereocenters. The van der Waals surface area contributed by atoms with Crippen LogP contribution in [0.5, 0.6) is 0 Å². The number of aliphatic imine (C=N–C) groups is 2. The van der Waals surface area contributed by atoms with Gasteiger partial charge in [-0.1, -0.05) is 26.7 Å². The number of hydrogen-bond donors (Lipinski definition) is 5. The maximum absolute atomic E-state index is 12.7. The minimum atomic E-state index is -0.999. The standard InChI is InChI=1S/C27H36N6O5/c1-3-6-16(2)24(35)29-12-5-4-7-18(26(37)38)13-21(34)17-8-10-20(11-9-17)30-14-19-15-31-23-22(19)25(36)33-27(28)32-23/h8-11,15-16,18,22,30H,3-7,12-14H2,1-2H3,(H,29,35)(H,37,38)(H3,28,31,32,33,36)/t16?,18-,22?/m1/s1. The van der Waals surface area contributed by atoms with Gasteiger partial charge in [0.05, 0.1) is 5.92 Å². The van der Waals surface area contributed by atoms with Gasteiger partial charge in [-0.2, -0.15) is 4.99 Å². The molecule has 0 spiro atoms. The van der Waals surface area contributed by atoms with Crippen molar-refractivity contribution >= 4 is 41.0 Å². The number of fused-ring (bicyclic) bond motifs is 1. The van der Waals surface area contributed by atoms with Crippen LogP contribution < -0.4 is 21.7 Å². The highest BCUT2D eigenvalue weighted by molar-refractivity contribution is 6.19. The van der Waals surface area contributed by atoms with Gasteiger partial charge in [-0.15, -0.1) is 0 Å². The van der Waals surface area contributed by atoms with Crippen molar-refractivity contribution in [3.05, 3.63) is 41.6 Å². The first-order valence-corrected chi connectivity index (χ1v) is 13.0. The molecule has 2 aliphatic rings. The van der Waals surface area contributed by atoms with Crippen molar-refractivity contribution in [2.75, 3.05) is 18.4 Å². The molecule has 38 heavy (non-hydrogen) atoms. The second kappa shape index (κ2) is 13.5. The van der Waals surface area contributed by atoms with E-state index in [1.165, 1.54) is 0 Å². The number of nitrogens with two attached hydrogens (primary N) is 1. The molecule has 2 aliphatic heterocycles. The van der Waals surface area contributed by atoms with Gasteiger partial charge in [-0.25, -0.2) is 4.99 Å². The van der Waals surface area contributed by atoms with Crippen molar-refractivity contribution in [2.24, 2.45) is 33.5 Å². The highest BCUT2D eigenvalue weighted by Gasteiger charge is 2.35. The molecule has 0 saturated heterocycles. The molecular formula is C27H36N6O5. The molecule has 0 saturated carbocycles. The van der Waals surface area contributed by atoms with Crippen LogP contribution in [-0.2, 0) is 14.4 Å². The van der Waals surface area contributed by atoms with Crippen molar-refractivity contribution in [2.45, 2.75) is 52.4 Å². The Hall–Kier alpha value is -4.02. The quantitative estimate of drug-likeness (QED) is 0.173. The number of rotatable bonds is 15. The van der Waals surface area contributed by atoms with E-state index >= 15 is 0 Å². The van der Waals surface area contributed by atoms with E-state index < -0.39 is 17.8 Å². The van der Waals surface area contributed by atoms with Crippen LogP contribution in [0.3, 0.4) is 0 Å². The van der Waals surface area contributed by atoms with Crippen LogP contribution in [0.2, 0.25) is 0 Å². The number of Topliss-reactive ketones (excluding diaryl/α,β-unsaturated/α-hetero) is 1. The number of carbonyl (C=O) groups is 4. The topological polar surface area (TPSA) is 175 Å². The number of carbonyl (C=O) groups excluding carboxylic acids is 3. The zero-order valence-electron chi connectivity index (χ0n) is 21.8. The first-order chi connectivity index (χ1) is 18.2. The Bertz CT molecular complexity index is 1140. The average molecular weight is 525 g/mol. The summed E-state index contributed by atoms with van der Waals surface area (Å²) < 4.78 is 0. The van der Waals surface area contributed by atoms with Crippen LogP contribution >= 0.6 is 0 Å². The molecule has 0 radical (unpaired) electrons. The van der Waals surface area contributed by atoms with Crippen LogP contribution in [0.25, 0.3) is 0 Å². The summed E-state index contributed by atoms with van der Waals surface area (Å²) in [6, 6.07) is 6.78. The zero-order chi connectivity index (χ0) is 27.7. The first kappa shape index (κ1) is 28.5. The fourth-order valence-electron chi connectivity index (χ4n) is 4.44. The highest BCUT2D eigenvalue weighted by atomic mass is 16.4. The number of nitrogens with zero attached hydrogens (tertiary/aromatic N) is 2. The first-order valence-electron chi connectivity index (χ1n) is 13.0. The molecule has 11 heteroatoms. The van der Waals surface area contributed by atoms with Crippen molar-refractivity contribution in [3.63, 3.8) is 0 Å². The number of amides is 2. The normalized spacial score (nSPS) is 17.8. The number of ketones is 1. The molecule has 6 N–H and O–H groups in total. The molecule has 11 nitrogen and oxygen atoms in total. The Morgan fingerprint density at radius 1 is 1.16 bits per heavy atom. The van der Waals surface area contributed by atoms with Crippen molar-refractivity contribution in [1.82, 2.24) is 10.6 Å². The van der Waals surface area contributed by atoms with Gasteiger partial charge in [0.15, 0.2) is 5.78 Å². The number of benzene rings is 1. The molecule has 2 unspecified atom stereocenters. The van der Waals surface area contributed by atoms with Crippen molar-refractivity contribution < 1.29 is 24.3 Å². The largest absolute Gasteiger partial charge is 0.481 e. The van der Waals surface area contributed by atoms with Gasteiger partial charge in [0.2, 0.25) is 17.8 Å². The van der Waals surface area contributed by atoms with Gasteiger partial charge in [-0.3, -0.25) is 24.5 Å². The summed E-state index contributed by atoms with van der Waals surface area (Å²) >= 11 is 0. The number of carboxylic acid groups (broad SMARTS) is 1. The molecular weight excluding hydrogens is 488 g/mol.